The van der Waals surface area contributed by atoms with Gasteiger partial charge in [-0.1, -0.05) is 13.8 Å². The van der Waals surface area contributed by atoms with E-state index in [1.54, 1.807) is 0 Å². The molecule has 0 aliphatic carbocycles. The minimum absolute atomic E-state index is 0.0489. The molecule has 0 saturated carbocycles. The Kier molecular flexibility index (Phi) is 4.29. The number of sulfonamides is 1. The molecule has 1 aromatic heterocycles. The molecule has 7 heteroatoms. The predicted molar refractivity (Wildman–Crippen MR) is 66.0 cm³/mol. The molecule has 0 aliphatic rings. The Hall–Kier alpha value is -0.920. The lowest BCUT2D eigenvalue weighted by molar-refractivity contribution is 0.0700. The van der Waals surface area contributed by atoms with Crippen molar-refractivity contribution in [2.75, 3.05) is 0 Å². The van der Waals surface area contributed by atoms with Crippen molar-refractivity contribution in [3.8, 4) is 0 Å². The molecule has 3 N–H and O–H groups in total. The Labute approximate surface area is 104 Å². The Morgan fingerprint density at radius 3 is 2.35 bits per heavy atom. The summed E-state index contributed by atoms with van der Waals surface area (Å²) in [6, 6.07) is 1.39. The largest absolute Gasteiger partial charge is 0.477 e. The van der Waals surface area contributed by atoms with E-state index in [1.165, 1.54) is 6.07 Å². The predicted octanol–water partition coefficient (Wildman–Crippen LogP) is 2.00. The summed E-state index contributed by atoms with van der Waals surface area (Å²) < 4.78 is 22.3. The summed E-state index contributed by atoms with van der Waals surface area (Å²) in [4.78, 5) is 11.1. The van der Waals surface area contributed by atoms with E-state index in [-0.39, 0.29) is 15.0 Å². The molecule has 0 fully saturated rings. The first-order chi connectivity index (χ1) is 7.81. The number of nitrogens with two attached hydrogens (primary N) is 1. The molecule has 0 aliphatic heterocycles. The first-order valence-corrected chi connectivity index (χ1v) is 7.57. The molecule has 0 aromatic carbocycles. The smallest absolute Gasteiger partial charge is 0.346 e. The number of aromatic carboxylic acids is 1. The lowest BCUT2D eigenvalue weighted by Crippen LogP contribution is -2.10. The van der Waals surface area contributed by atoms with E-state index in [0.29, 0.717) is 5.56 Å². The molecule has 0 unspecified atom stereocenters. The normalized spacial score (nSPS) is 12.0. The highest BCUT2D eigenvalue weighted by atomic mass is 32.2. The van der Waals surface area contributed by atoms with E-state index in [2.05, 4.69) is 0 Å². The monoisotopic (exact) mass is 277 g/mol. The van der Waals surface area contributed by atoms with Crippen molar-refractivity contribution in [1.82, 2.24) is 0 Å². The molecular weight excluding hydrogens is 262 g/mol. The summed E-state index contributed by atoms with van der Waals surface area (Å²) in [5.74, 6) is -1.06. The molecule has 0 atom stereocenters. The summed E-state index contributed by atoms with van der Waals surface area (Å²) in [6.07, 6.45) is 1.52. The number of thiophene rings is 1. The number of hydrogen-bond donors (Lipinski definition) is 2. The maximum absolute atomic E-state index is 11.2. The third-order valence-electron chi connectivity index (χ3n) is 2.64. The summed E-state index contributed by atoms with van der Waals surface area (Å²) in [5, 5.41) is 14.1. The Morgan fingerprint density at radius 1 is 1.47 bits per heavy atom. The number of primary sulfonamides is 1. The van der Waals surface area contributed by atoms with E-state index in [0.717, 1.165) is 24.2 Å². The molecule has 1 rings (SSSR count). The summed E-state index contributed by atoms with van der Waals surface area (Å²) >= 11 is 0.721. The van der Waals surface area contributed by atoms with Crippen LogP contribution in [0.5, 0.6) is 0 Å². The van der Waals surface area contributed by atoms with Crippen molar-refractivity contribution in [2.45, 2.75) is 36.8 Å². The third kappa shape index (κ3) is 3.05. The van der Waals surface area contributed by atoms with Crippen LogP contribution in [0.25, 0.3) is 0 Å². The van der Waals surface area contributed by atoms with Crippen LogP contribution in [0.1, 0.15) is 47.8 Å². The second-order valence-electron chi connectivity index (χ2n) is 3.71. The van der Waals surface area contributed by atoms with Gasteiger partial charge in [-0.25, -0.2) is 18.4 Å². The third-order valence-corrected chi connectivity index (χ3v) is 5.20. The summed E-state index contributed by atoms with van der Waals surface area (Å²) in [7, 11) is -3.83. The molecule has 0 amide bonds. The van der Waals surface area contributed by atoms with Crippen molar-refractivity contribution in [3.63, 3.8) is 0 Å². The van der Waals surface area contributed by atoms with Gasteiger partial charge in [-0.15, -0.1) is 11.3 Å². The number of rotatable bonds is 5. The van der Waals surface area contributed by atoms with E-state index in [9.17, 15) is 13.2 Å². The van der Waals surface area contributed by atoms with Gasteiger partial charge in [0.25, 0.3) is 0 Å². The highest BCUT2D eigenvalue weighted by molar-refractivity contribution is 7.91. The minimum Gasteiger partial charge on any atom is -0.477 e. The fourth-order valence-corrected chi connectivity index (χ4v) is 3.54. The Morgan fingerprint density at radius 2 is 2.00 bits per heavy atom. The number of hydrogen-bond acceptors (Lipinski definition) is 4. The molecular formula is C10H15NO4S2. The van der Waals surface area contributed by atoms with Crippen LogP contribution in [0.4, 0.5) is 0 Å². The van der Waals surface area contributed by atoms with Gasteiger partial charge in [0.2, 0.25) is 10.0 Å². The molecule has 0 saturated heterocycles. The molecule has 96 valence electrons. The molecule has 0 bridgehead atoms. The van der Waals surface area contributed by atoms with Crippen LogP contribution in [0, 0.1) is 0 Å². The molecule has 5 nitrogen and oxygen atoms in total. The van der Waals surface area contributed by atoms with Crippen molar-refractivity contribution >= 4 is 27.3 Å². The van der Waals surface area contributed by atoms with Gasteiger partial charge in [0.1, 0.15) is 9.09 Å². The summed E-state index contributed by atoms with van der Waals surface area (Å²) in [6.45, 7) is 3.88. The number of carboxylic acids is 1. The first kappa shape index (κ1) is 14.1. The molecule has 0 spiro atoms. The fraction of sp³-hybridized carbons (Fsp3) is 0.500. The maximum Gasteiger partial charge on any atom is 0.346 e. The van der Waals surface area contributed by atoms with E-state index < -0.39 is 16.0 Å². The van der Waals surface area contributed by atoms with Crippen LogP contribution in [-0.2, 0) is 10.0 Å². The number of carbonyl (C=O) groups is 1. The second kappa shape index (κ2) is 5.16. The zero-order chi connectivity index (χ0) is 13.2. The standard InChI is InChI=1S/C10H15NO4S2/c1-3-6(4-2)7-5-8(17(11,14)15)16-9(7)10(12)13/h5-6H,3-4H2,1-2H3,(H,12,13)(H2,11,14,15). The summed E-state index contributed by atoms with van der Waals surface area (Å²) in [5.41, 5.74) is 0.566. The van der Waals surface area contributed by atoms with Crippen molar-refractivity contribution in [2.24, 2.45) is 5.14 Å². The lowest BCUT2D eigenvalue weighted by atomic mass is 9.94. The molecule has 1 heterocycles. The minimum atomic E-state index is -3.83. The molecule has 0 radical (unpaired) electrons. The van der Waals surface area contributed by atoms with Crippen molar-refractivity contribution in [3.05, 3.63) is 16.5 Å². The first-order valence-electron chi connectivity index (χ1n) is 5.21. The van der Waals surface area contributed by atoms with Crippen LogP contribution >= 0.6 is 11.3 Å². The van der Waals surface area contributed by atoms with Crippen LogP contribution in [-0.4, -0.2) is 19.5 Å². The average Bonchev–Trinajstić information content (AvgIpc) is 2.64. The van der Waals surface area contributed by atoms with Crippen LogP contribution in [0.2, 0.25) is 0 Å². The van der Waals surface area contributed by atoms with Crippen LogP contribution < -0.4 is 5.14 Å². The second-order valence-corrected chi connectivity index (χ2v) is 6.55. The van der Waals surface area contributed by atoms with Gasteiger partial charge in [0, 0.05) is 0 Å². The topological polar surface area (TPSA) is 97.5 Å². The van der Waals surface area contributed by atoms with Crippen molar-refractivity contribution in [1.29, 1.82) is 0 Å². The SMILES string of the molecule is CCC(CC)c1cc(S(N)(=O)=O)sc1C(=O)O. The van der Waals surface area contributed by atoms with Gasteiger partial charge < -0.3 is 5.11 Å². The zero-order valence-electron chi connectivity index (χ0n) is 9.63. The highest BCUT2D eigenvalue weighted by Crippen LogP contribution is 2.34. The van der Waals surface area contributed by atoms with Gasteiger partial charge in [-0.2, -0.15) is 0 Å². The van der Waals surface area contributed by atoms with Gasteiger partial charge in [0.15, 0.2) is 0 Å². The van der Waals surface area contributed by atoms with Gasteiger partial charge in [-0.3, -0.25) is 0 Å². The van der Waals surface area contributed by atoms with Gasteiger partial charge in [0.05, 0.1) is 0 Å². The quantitative estimate of drug-likeness (QED) is 0.860. The molecule has 17 heavy (non-hydrogen) atoms. The fourth-order valence-electron chi connectivity index (χ4n) is 1.72. The molecule has 1 aromatic rings. The lowest BCUT2D eigenvalue weighted by Gasteiger charge is -2.11. The van der Waals surface area contributed by atoms with Gasteiger partial charge in [-0.05, 0) is 30.4 Å². The zero-order valence-corrected chi connectivity index (χ0v) is 11.3. The Bertz CT molecular complexity index is 514. The highest BCUT2D eigenvalue weighted by Gasteiger charge is 2.24. The van der Waals surface area contributed by atoms with E-state index >= 15 is 0 Å². The number of carboxylic acid groups (broad SMARTS) is 1. The van der Waals surface area contributed by atoms with Crippen LogP contribution in [0.15, 0.2) is 10.3 Å². The van der Waals surface area contributed by atoms with E-state index in [1.807, 2.05) is 13.8 Å². The Balaban J connectivity index is 3.38. The van der Waals surface area contributed by atoms with Gasteiger partial charge >= 0.3 is 5.97 Å². The van der Waals surface area contributed by atoms with Crippen LogP contribution in [0.3, 0.4) is 0 Å². The average molecular weight is 277 g/mol. The van der Waals surface area contributed by atoms with Crippen molar-refractivity contribution < 1.29 is 18.3 Å². The maximum atomic E-state index is 11.2. The van der Waals surface area contributed by atoms with E-state index in [4.69, 9.17) is 10.2 Å².